The highest BCUT2D eigenvalue weighted by Crippen LogP contribution is 2.15. The predicted octanol–water partition coefficient (Wildman–Crippen LogP) is 1.61. The van der Waals surface area contributed by atoms with Crippen molar-refractivity contribution in [1.29, 1.82) is 0 Å². The summed E-state index contributed by atoms with van der Waals surface area (Å²) >= 11 is 0. The molecule has 0 saturated carbocycles. The summed E-state index contributed by atoms with van der Waals surface area (Å²) in [4.78, 5) is 11.1. The van der Waals surface area contributed by atoms with Gasteiger partial charge in [0.05, 0.1) is 12.6 Å². The van der Waals surface area contributed by atoms with Crippen molar-refractivity contribution in [2.24, 2.45) is 0 Å². The highest BCUT2D eigenvalue weighted by Gasteiger charge is 2.13. The lowest BCUT2D eigenvalue weighted by Crippen LogP contribution is -2.28. The Kier molecular flexibility index (Phi) is 4.72. The average Bonchev–Trinajstić information content (AvgIpc) is 2.26. The van der Waals surface area contributed by atoms with Gasteiger partial charge in [-0.25, -0.2) is 9.18 Å². The number of aliphatic hydroxyl groups is 1. The Bertz CT molecular complexity index is 357. The van der Waals surface area contributed by atoms with Crippen LogP contribution in [0.3, 0.4) is 0 Å². The third-order valence-electron chi connectivity index (χ3n) is 2.03. The number of rotatable bonds is 4. The lowest BCUT2D eigenvalue weighted by Gasteiger charge is -2.14. The third-order valence-corrected chi connectivity index (χ3v) is 2.03. The smallest absolute Gasteiger partial charge is 0.407 e. The van der Waals surface area contributed by atoms with Gasteiger partial charge in [0, 0.05) is 5.56 Å². The quantitative estimate of drug-likeness (QED) is 0.821. The van der Waals surface area contributed by atoms with E-state index in [4.69, 9.17) is 5.11 Å². The zero-order chi connectivity index (χ0) is 12.0. The van der Waals surface area contributed by atoms with Gasteiger partial charge in [0.2, 0.25) is 0 Å². The van der Waals surface area contributed by atoms with Crippen LogP contribution in [0.5, 0.6) is 0 Å². The van der Waals surface area contributed by atoms with Gasteiger partial charge >= 0.3 is 6.09 Å². The molecular weight excluding hydrogens is 213 g/mol. The van der Waals surface area contributed by atoms with Gasteiger partial charge in [-0.2, -0.15) is 0 Å². The van der Waals surface area contributed by atoms with Crippen LogP contribution >= 0.6 is 0 Å². The predicted molar refractivity (Wildman–Crippen MR) is 56.4 cm³/mol. The van der Waals surface area contributed by atoms with Crippen molar-refractivity contribution < 1.29 is 19.0 Å². The van der Waals surface area contributed by atoms with Crippen LogP contribution in [0.1, 0.15) is 18.5 Å². The molecule has 5 heteroatoms. The Balaban J connectivity index is 2.55. The molecule has 1 rings (SSSR count). The summed E-state index contributed by atoms with van der Waals surface area (Å²) in [5.41, 5.74) is 0.392. The largest absolute Gasteiger partial charge is 0.447 e. The van der Waals surface area contributed by atoms with Crippen LogP contribution in [0.2, 0.25) is 0 Å². The number of carbonyl (C=O) groups is 1. The highest BCUT2D eigenvalue weighted by molar-refractivity contribution is 5.67. The Morgan fingerprint density at radius 2 is 2.25 bits per heavy atom. The lowest BCUT2D eigenvalue weighted by atomic mass is 10.1. The van der Waals surface area contributed by atoms with Gasteiger partial charge in [-0.3, -0.25) is 0 Å². The van der Waals surface area contributed by atoms with E-state index >= 15 is 0 Å². The number of hydrogen-bond donors (Lipinski definition) is 2. The second kappa shape index (κ2) is 6.07. The molecule has 1 aromatic rings. The number of alkyl carbamates (subject to hydrolysis) is 1. The molecule has 0 aliphatic carbocycles. The van der Waals surface area contributed by atoms with Crippen LogP contribution in [0.15, 0.2) is 24.3 Å². The molecule has 0 radical (unpaired) electrons. The first-order valence-electron chi connectivity index (χ1n) is 4.93. The molecule has 4 nitrogen and oxygen atoms in total. The molecule has 88 valence electrons. The van der Waals surface area contributed by atoms with Crippen molar-refractivity contribution in [3.8, 4) is 0 Å². The summed E-state index contributed by atoms with van der Waals surface area (Å²) in [6.07, 6.45) is -0.676. The summed E-state index contributed by atoms with van der Waals surface area (Å²) in [7, 11) is 0. The first kappa shape index (κ1) is 12.4. The molecule has 16 heavy (non-hydrogen) atoms. The van der Waals surface area contributed by atoms with Crippen LogP contribution in [-0.2, 0) is 4.74 Å². The molecule has 0 aromatic heterocycles. The molecular formula is C11H14FNO3. The summed E-state index contributed by atoms with van der Waals surface area (Å²) < 4.78 is 17.9. The van der Waals surface area contributed by atoms with Gasteiger partial charge in [0.1, 0.15) is 12.4 Å². The van der Waals surface area contributed by atoms with Gasteiger partial charge in [0.25, 0.3) is 0 Å². The minimum absolute atomic E-state index is 0.0736. The summed E-state index contributed by atoms with van der Waals surface area (Å²) in [6.45, 7) is 1.34. The third kappa shape index (κ3) is 3.51. The van der Waals surface area contributed by atoms with Crippen molar-refractivity contribution in [2.45, 2.75) is 13.0 Å². The first-order chi connectivity index (χ1) is 7.65. The van der Waals surface area contributed by atoms with Gasteiger partial charge in [0.15, 0.2) is 0 Å². The maximum atomic E-state index is 13.3. The first-order valence-corrected chi connectivity index (χ1v) is 4.93. The number of halogens is 1. The Morgan fingerprint density at radius 1 is 1.56 bits per heavy atom. The van der Waals surface area contributed by atoms with E-state index in [0.29, 0.717) is 5.56 Å². The van der Waals surface area contributed by atoms with Crippen molar-refractivity contribution in [3.05, 3.63) is 35.6 Å². The van der Waals surface area contributed by atoms with Crippen LogP contribution in [0, 0.1) is 5.82 Å². The molecule has 1 unspecified atom stereocenters. The number of nitrogens with one attached hydrogen (secondary N) is 1. The molecule has 0 bridgehead atoms. The van der Waals surface area contributed by atoms with Crippen molar-refractivity contribution in [2.75, 3.05) is 13.2 Å². The summed E-state index contributed by atoms with van der Waals surface area (Å²) in [5.74, 6) is -0.377. The fraction of sp³-hybridized carbons (Fsp3) is 0.364. The van der Waals surface area contributed by atoms with Crippen LogP contribution in [-0.4, -0.2) is 24.4 Å². The standard InChI is InChI=1S/C11H14FNO3/c1-8(13-11(15)16-7-6-14)9-4-2-3-5-10(9)12/h2-5,8,14H,6-7H2,1H3,(H,13,15). The van der Waals surface area contributed by atoms with E-state index in [9.17, 15) is 9.18 Å². The number of hydrogen-bond acceptors (Lipinski definition) is 3. The maximum Gasteiger partial charge on any atom is 0.407 e. The van der Waals surface area contributed by atoms with E-state index in [2.05, 4.69) is 10.1 Å². The molecule has 0 saturated heterocycles. The second-order valence-corrected chi connectivity index (χ2v) is 3.25. The van der Waals surface area contributed by atoms with Crippen molar-refractivity contribution in [3.63, 3.8) is 0 Å². The molecule has 0 aliphatic rings. The molecule has 0 aliphatic heterocycles. The van der Waals surface area contributed by atoms with Crippen LogP contribution in [0.25, 0.3) is 0 Å². The molecule has 1 atom stereocenters. The van der Waals surface area contributed by atoms with E-state index in [1.165, 1.54) is 6.07 Å². The SMILES string of the molecule is CC(NC(=O)OCCO)c1ccccc1F. The van der Waals surface area contributed by atoms with Gasteiger partial charge in [-0.15, -0.1) is 0 Å². The number of carbonyl (C=O) groups excluding carboxylic acids is 1. The average molecular weight is 227 g/mol. The minimum Gasteiger partial charge on any atom is -0.447 e. The Morgan fingerprint density at radius 3 is 2.88 bits per heavy atom. The lowest BCUT2D eigenvalue weighted by molar-refractivity contribution is 0.116. The topological polar surface area (TPSA) is 58.6 Å². The minimum atomic E-state index is -0.676. The Hall–Kier alpha value is -1.62. The monoisotopic (exact) mass is 227 g/mol. The highest BCUT2D eigenvalue weighted by atomic mass is 19.1. The summed E-state index contributed by atoms with van der Waals surface area (Å²) in [5, 5.41) is 10.9. The second-order valence-electron chi connectivity index (χ2n) is 3.25. The van der Waals surface area contributed by atoms with E-state index in [0.717, 1.165) is 0 Å². The van der Waals surface area contributed by atoms with Gasteiger partial charge in [-0.1, -0.05) is 18.2 Å². The molecule has 1 aromatic carbocycles. The van der Waals surface area contributed by atoms with Crippen molar-refractivity contribution in [1.82, 2.24) is 5.32 Å². The fourth-order valence-electron chi connectivity index (χ4n) is 1.26. The Labute approximate surface area is 93.0 Å². The maximum absolute atomic E-state index is 13.3. The molecule has 0 spiro atoms. The number of amides is 1. The fourth-order valence-corrected chi connectivity index (χ4v) is 1.26. The van der Waals surface area contributed by atoms with E-state index in [1.807, 2.05) is 0 Å². The number of aliphatic hydroxyl groups excluding tert-OH is 1. The van der Waals surface area contributed by atoms with Crippen molar-refractivity contribution >= 4 is 6.09 Å². The summed E-state index contributed by atoms with van der Waals surface area (Å²) in [6, 6.07) is 5.71. The van der Waals surface area contributed by atoms with Gasteiger partial charge in [-0.05, 0) is 13.0 Å². The normalized spacial score (nSPS) is 11.9. The zero-order valence-corrected chi connectivity index (χ0v) is 8.94. The molecule has 2 N–H and O–H groups in total. The van der Waals surface area contributed by atoms with E-state index in [-0.39, 0.29) is 19.0 Å². The zero-order valence-electron chi connectivity index (χ0n) is 8.94. The number of ether oxygens (including phenoxy) is 1. The molecule has 0 heterocycles. The van der Waals surface area contributed by atoms with E-state index in [1.54, 1.807) is 25.1 Å². The van der Waals surface area contributed by atoms with Gasteiger partial charge < -0.3 is 15.2 Å². The number of benzene rings is 1. The molecule has 0 fully saturated rings. The molecule has 1 amide bonds. The van der Waals surface area contributed by atoms with Crippen LogP contribution in [0.4, 0.5) is 9.18 Å². The van der Waals surface area contributed by atoms with Crippen LogP contribution < -0.4 is 5.32 Å². The van der Waals surface area contributed by atoms with E-state index < -0.39 is 12.1 Å².